The van der Waals surface area contributed by atoms with E-state index in [1.165, 1.54) is 10.6 Å². The molecule has 10 heteroatoms. The number of carbonyl (C=O) groups is 1. The van der Waals surface area contributed by atoms with E-state index in [9.17, 15) is 13.2 Å². The third kappa shape index (κ3) is 6.35. The van der Waals surface area contributed by atoms with Crippen molar-refractivity contribution in [3.8, 4) is 5.75 Å². The molecule has 2 aliphatic rings. The monoisotopic (exact) mass is 515 g/mol. The Morgan fingerprint density at radius 3 is 2.50 bits per heavy atom. The molecule has 1 aromatic heterocycles. The van der Waals surface area contributed by atoms with Crippen molar-refractivity contribution in [2.24, 2.45) is 0 Å². The molecule has 2 aromatic rings. The number of carbonyl (C=O) groups excluding carboxylic acids is 1. The predicted octanol–water partition coefficient (Wildman–Crippen LogP) is 2.97. The smallest absolute Gasteiger partial charge is 0.254 e. The molecule has 9 nitrogen and oxygen atoms in total. The zero-order valence-electron chi connectivity index (χ0n) is 21.4. The van der Waals surface area contributed by atoms with Crippen molar-refractivity contribution in [1.82, 2.24) is 19.1 Å². The van der Waals surface area contributed by atoms with Crippen LogP contribution in [0.25, 0.3) is 0 Å². The van der Waals surface area contributed by atoms with Crippen molar-refractivity contribution in [1.29, 1.82) is 0 Å². The van der Waals surface area contributed by atoms with Crippen LogP contribution in [-0.2, 0) is 16.4 Å². The van der Waals surface area contributed by atoms with Gasteiger partial charge in [0.1, 0.15) is 11.6 Å². The fourth-order valence-electron chi connectivity index (χ4n) is 5.06. The lowest BCUT2D eigenvalue weighted by Gasteiger charge is -2.36. The zero-order chi connectivity index (χ0) is 25.7. The third-order valence-corrected chi connectivity index (χ3v) is 8.62. The van der Waals surface area contributed by atoms with Crippen molar-refractivity contribution in [3.05, 3.63) is 47.7 Å². The molecule has 1 saturated heterocycles. The summed E-state index contributed by atoms with van der Waals surface area (Å²) in [5, 5.41) is 3.37. The van der Waals surface area contributed by atoms with Crippen molar-refractivity contribution in [2.45, 2.75) is 38.1 Å². The molecule has 0 unspecified atom stereocenters. The Morgan fingerprint density at radius 1 is 1.11 bits per heavy atom. The Balaban J connectivity index is 1.32. The number of hydrogen-bond donors (Lipinski definition) is 1. The highest BCUT2D eigenvalue weighted by molar-refractivity contribution is 7.88. The van der Waals surface area contributed by atoms with Crippen LogP contribution in [0.1, 0.15) is 41.6 Å². The summed E-state index contributed by atoms with van der Waals surface area (Å²) in [5.41, 5.74) is 2.60. The molecule has 4 rings (SSSR count). The van der Waals surface area contributed by atoms with Crippen LogP contribution in [0, 0.1) is 0 Å². The van der Waals surface area contributed by atoms with E-state index < -0.39 is 10.0 Å². The number of nitrogens with zero attached hydrogens (tertiary/aromatic N) is 4. The van der Waals surface area contributed by atoms with Crippen LogP contribution in [0.15, 0.2) is 36.5 Å². The topological polar surface area (TPSA) is 95.1 Å². The summed E-state index contributed by atoms with van der Waals surface area (Å²) in [4.78, 5) is 22.3. The highest BCUT2D eigenvalue weighted by Gasteiger charge is 2.28. The third-order valence-electron chi connectivity index (χ3n) is 7.28. The van der Waals surface area contributed by atoms with Gasteiger partial charge in [-0.15, -0.1) is 0 Å². The van der Waals surface area contributed by atoms with Gasteiger partial charge in [-0.25, -0.2) is 17.7 Å². The number of anilines is 2. The Morgan fingerprint density at radius 2 is 1.83 bits per heavy atom. The number of likely N-dealkylation sites (tertiary alicyclic amines) is 1. The minimum atomic E-state index is -3.15. The lowest BCUT2D eigenvalue weighted by Crippen LogP contribution is -2.45. The van der Waals surface area contributed by atoms with E-state index >= 15 is 0 Å². The number of rotatable bonds is 9. The van der Waals surface area contributed by atoms with Crippen molar-refractivity contribution in [2.75, 3.05) is 58.5 Å². The van der Waals surface area contributed by atoms with Gasteiger partial charge in [-0.2, -0.15) is 0 Å². The van der Waals surface area contributed by atoms with Crippen LogP contribution in [0.2, 0.25) is 0 Å². The van der Waals surface area contributed by atoms with Gasteiger partial charge >= 0.3 is 0 Å². The summed E-state index contributed by atoms with van der Waals surface area (Å²) in [6.07, 6.45) is 7.24. The van der Waals surface area contributed by atoms with Gasteiger partial charge in [0.05, 0.1) is 13.4 Å². The molecule has 1 aromatic carbocycles. The minimum Gasteiger partial charge on any atom is -0.497 e. The molecule has 2 aliphatic heterocycles. The largest absolute Gasteiger partial charge is 0.497 e. The quantitative estimate of drug-likeness (QED) is 0.549. The average Bonchev–Trinajstić information content (AvgIpc) is 3.03. The van der Waals surface area contributed by atoms with E-state index in [1.807, 2.05) is 35.2 Å². The second-order valence-electron chi connectivity index (χ2n) is 9.64. The van der Waals surface area contributed by atoms with E-state index in [0.29, 0.717) is 6.54 Å². The van der Waals surface area contributed by atoms with E-state index in [-0.39, 0.29) is 11.9 Å². The molecule has 1 amide bonds. The van der Waals surface area contributed by atoms with Crippen LogP contribution in [0.3, 0.4) is 0 Å². The van der Waals surface area contributed by atoms with Crippen molar-refractivity contribution < 1.29 is 17.9 Å². The van der Waals surface area contributed by atoms with E-state index in [0.717, 1.165) is 86.7 Å². The number of nitrogens with one attached hydrogen (secondary N) is 1. The number of piperidine rings is 1. The lowest BCUT2D eigenvalue weighted by atomic mass is 10.0. The van der Waals surface area contributed by atoms with Crippen LogP contribution in [0.4, 0.5) is 11.5 Å². The molecule has 1 N–H and O–H groups in total. The van der Waals surface area contributed by atoms with Gasteiger partial charge < -0.3 is 19.9 Å². The summed E-state index contributed by atoms with van der Waals surface area (Å²) in [7, 11) is 0.160. The van der Waals surface area contributed by atoms with Crippen LogP contribution in [-0.4, -0.2) is 92.6 Å². The number of sulfonamides is 1. The zero-order valence-corrected chi connectivity index (χ0v) is 22.3. The summed E-state index contributed by atoms with van der Waals surface area (Å²) in [5.74, 6) is 1.59. The molecule has 0 spiro atoms. The second-order valence-corrected chi connectivity index (χ2v) is 11.7. The molecule has 36 heavy (non-hydrogen) atoms. The Labute approximate surface area is 214 Å². The number of aromatic nitrogens is 1. The first-order valence-electron chi connectivity index (χ1n) is 12.6. The molecule has 0 aliphatic carbocycles. The lowest BCUT2D eigenvalue weighted by molar-refractivity contribution is 0.0749. The van der Waals surface area contributed by atoms with Gasteiger partial charge in [-0.05, 0) is 82.1 Å². The molecule has 0 atom stereocenters. The Kier molecular flexibility index (Phi) is 8.48. The first-order chi connectivity index (χ1) is 17.3. The van der Waals surface area contributed by atoms with Gasteiger partial charge in [0, 0.05) is 49.2 Å². The Bertz CT molecular complexity index is 1150. The predicted molar refractivity (Wildman–Crippen MR) is 141 cm³/mol. The summed E-state index contributed by atoms with van der Waals surface area (Å²) < 4.78 is 30.3. The molecule has 1 fully saturated rings. The standard InChI is InChI=1S/C26H37N5O4S/c1-29(36(3,33)34)21-12-18-30(19-13-21)15-5-17-31-16-4-6-23-24(26(31)32)11-14-27-25(23)28-20-7-9-22(35-2)10-8-20/h7-11,14,21H,4-6,12-13,15-19H2,1-3H3,(H,27,28). The minimum absolute atomic E-state index is 0.0659. The molecule has 0 bridgehead atoms. The number of benzene rings is 1. The second kappa shape index (κ2) is 11.6. The van der Waals surface area contributed by atoms with Crippen molar-refractivity contribution in [3.63, 3.8) is 0 Å². The van der Waals surface area contributed by atoms with E-state index in [4.69, 9.17) is 4.74 Å². The normalized spacial score (nSPS) is 17.7. The first kappa shape index (κ1) is 26.4. The SMILES string of the molecule is COc1ccc(Nc2nccc3c2CCCN(CCCN2CCC(N(C)S(C)(=O)=O)CC2)C3=O)cc1. The Hall–Kier alpha value is -2.69. The number of methoxy groups -OCH3 is 1. The maximum absolute atomic E-state index is 13.4. The number of pyridine rings is 1. The summed E-state index contributed by atoms with van der Waals surface area (Å²) in [6, 6.07) is 9.57. The van der Waals surface area contributed by atoms with Gasteiger partial charge in [0.15, 0.2) is 0 Å². The van der Waals surface area contributed by atoms with Crippen LogP contribution < -0.4 is 10.1 Å². The van der Waals surface area contributed by atoms with Gasteiger partial charge in [-0.3, -0.25) is 4.79 Å². The van der Waals surface area contributed by atoms with Gasteiger partial charge in [-0.1, -0.05) is 0 Å². The van der Waals surface area contributed by atoms with E-state index in [2.05, 4.69) is 15.2 Å². The fourth-order valence-corrected chi connectivity index (χ4v) is 5.81. The summed E-state index contributed by atoms with van der Waals surface area (Å²) >= 11 is 0. The molecule has 0 saturated carbocycles. The number of hydrogen-bond acceptors (Lipinski definition) is 7. The highest BCUT2D eigenvalue weighted by Crippen LogP contribution is 2.27. The molecular weight excluding hydrogens is 478 g/mol. The first-order valence-corrected chi connectivity index (χ1v) is 14.4. The maximum Gasteiger partial charge on any atom is 0.254 e. The number of amides is 1. The van der Waals surface area contributed by atoms with E-state index in [1.54, 1.807) is 20.4 Å². The van der Waals surface area contributed by atoms with Gasteiger partial charge in [0.2, 0.25) is 10.0 Å². The number of ether oxygens (including phenoxy) is 1. The molecule has 0 radical (unpaired) electrons. The number of fused-ring (bicyclic) bond motifs is 1. The highest BCUT2D eigenvalue weighted by atomic mass is 32.2. The van der Waals surface area contributed by atoms with Crippen molar-refractivity contribution >= 4 is 27.4 Å². The van der Waals surface area contributed by atoms with Crippen LogP contribution >= 0.6 is 0 Å². The van der Waals surface area contributed by atoms with Gasteiger partial charge in [0.25, 0.3) is 5.91 Å². The molecule has 3 heterocycles. The maximum atomic E-state index is 13.4. The summed E-state index contributed by atoms with van der Waals surface area (Å²) in [6.45, 7) is 4.12. The molecule has 196 valence electrons. The average molecular weight is 516 g/mol. The fraction of sp³-hybridized carbons (Fsp3) is 0.538. The molecular formula is C26H37N5O4S. The van der Waals surface area contributed by atoms with Crippen LogP contribution in [0.5, 0.6) is 5.75 Å².